The van der Waals surface area contributed by atoms with Crippen LogP contribution >= 0.6 is 0 Å². The molecular formula is C18H26N2O2. The summed E-state index contributed by atoms with van der Waals surface area (Å²) in [6.07, 6.45) is 6.08. The molecule has 1 aromatic rings. The second kappa shape index (κ2) is 7.75. The SMILES string of the molecule is O=C(Nc1ccccc1)[C@H]1CCCN(C[C@H]2CCCCO2)C1. The van der Waals surface area contributed by atoms with E-state index < -0.39 is 0 Å². The Hall–Kier alpha value is -1.39. The van der Waals surface area contributed by atoms with Crippen LogP contribution in [0.4, 0.5) is 5.69 Å². The van der Waals surface area contributed by atoms with Crippen molar-refractivity contribution in [3.8, 4) is 0 Å². The van der Waals surface area contributed by atoms with Gasteiger partial charge in [0.15, 0.2) is 0 Å². The third-order valence-corrected chi connectivity index (χ3v) is 4.65. The van der Waals surface area contributed by atoms with Crippen molar-refractivity contribution in [1.29, 1.82) is 0 Å². The summed E-state index contributed by atoms with van der Waals surface area (Å²) in [5.74, 6) is 0.248. The second-order valence-corrected chi connectivity index (χ2v) is 6.44. The highest BCUT2D eigenvalue weighted by atomic mass is 16.5. The summed E-state index contributed by atoms with van der Waals surface area (Å²) in [6.45, 7) is 3.83. The van der Waals surface area contributed by atoms with E-state index in [9.17, 15) is 4.79 Å². The zero-order chi connectivity index (χ0) is 15.2. The van der Waals surface area contributed by atoms with E-state index in [2.05, 4.69) is 10.2 Å². The third-order valence-electron chi connectivity index (χ3n) is 4.65. The van der Waals surface area contributed by atoms with Crippen molar-refractivity contribution in [3.05, 3.63) is 30.3 Å². The van der Waals surface area contributed by atoms with Crippen molar-refractivity contribution in [1.82, 2.24) is 4.90 Å². The van der Waals surface area contributed by atoms with Gasteiger partial charge in [-0.05, 0) is 50.8 Å². The van der Waals surface area contributed by atoms with Crippen molar-refractivity contribution in [2.24, 2.45) is 5.92 Å². The maximum Gasteiger partial charge on any atom is 0.228 e. The summed E-state index contributed by atoms with van der Waals surface area (Å²) in [6, 6.07) is 9.73. The molecule has 2 atom stereocenters. The minimum atomic E-state index is 0.0950. The number of hydrogen-bond acceptors (Lipinski definition) is 3. The van der Waals surface area contributed by atoms with Crippen molar-refractivity contribution < 1.29 is 9.53 Å². The van der Waals surface area contributed by atoms with Crippen molar-refractivity contribution in [2.45, 2.75) is 38.2 Å². The standard InChI is InChI=1S/C18H26N2O2/c21-18(19-16-8-2-1-3-9-16)15-7-6-11-20(13-15)14-17-10-4-5-12-22-17/h1-3,8-9,15,17H,4-7,10-14H2,(H,19,21)/t15-,17+/m0/s1. The molecule has 22 heavy (non-hydrogen) atoms. The first-order valence-electron chi connectivity index (χ1n) is 8.51. The molecule has 2 aliphatic heterocycles. The highest BCUT2D eigenvalue weighted by Crippen LogP contribution is 2.21. The van der Waals surface area contributed by atoms with Crippen LogP contribution in [0.15, 0.2) is 30.3 Å². The number of carbonyl (C=O) groups excluding carboxylic acids is 1. The Labute approximate surface area is 132 Å². The molecule has 2 aliphatic rings. The number of piperidine rings is 1. The average Bonchev–Trinajstić information content (AvgIpc) is 2.57. The number of carbonyl (C=O) groups is 1. The fourth-order valence-corrected chi connectivity index (χ4v) is 3.44. The van der Waals surface area contributed by atoms with E-state index in [0.717, 1.165) is 51.2 Å². The fraction of sp³-hybridized carbons (Fsp3) is 0.611. The van der Waals surface area contributed by atoms with Crippen LogP contribution < -0.4 is 5.32 Å². The lowest BCUT2D eigenvalue weighted by Crippen LogP contribution is -2.44. The highest BCUT2D eigenvalue weighted by Gasteiger charge is 2.27. The van der Waals surface area contributed by atoms with Gasteiger partial charge in [-0.2, -0.15) is 0 Å². The van der Waals surface area contributed by atoms with Gasteiger partial charge >= 0.3 is 0 Å². The minimum absolute atomic E-state index is 0.0950. The van der Waals surface area contributed by atoms with Crippen LogP contribution in [0.2, 0.25) is 0 Å². The summed E-state index contributed by atoms with van der Waals surface area (Å²) in [7, 11) is 0. The van der Waals surface area contributed by atoms with Gasteiger partial charge in [0.25, 0.3) is 0 Å². The minimum Gasteiger partial charge on any atom is -0.377 e. The molecule has 0 saturated carbocycles. The van der Waals surface area contributed by atoms with Gasteiger partial charge in [0, 0.05) is 25.4 Å². The number of para-hydroxylation sites is 1. The van der Waals surface area contributed by atoms with E-state index in [1.807, 2.05) is 30.3 Å². The number of nitrogens with zero attached hydrogens (tertiary/aromatic N) is 1. The van der Waals surface area contributed by atoms with Crippen LogP contribution in [0.25, 0.3) is 0 Å². The van der Waals surface area contributed by atoms with Gasteiger partial charge in [0.2, 0.25) is 5.91 Å². The lowest BCUT2D eigenvalue weighted by Gasteiger charge is -2.35. The molecule has 2 heterocycles. The summed E-state index contributed by atoms with van der Waals surface area (Å²) >= 11 is 0. The zero-order valence-corrected chi connectivity index (χ0v) is 13.2. The Morgan fingerprint density at radius 1 is 1.18 bits per heavy atom. The largest absolute Gasteiger partial charge is 0.377 e. The molecule has 4 nitrogen and oxygen atoms in total. The van der Waals surface area contributed by atoms with Gasteiger partial charge in [-0.25, -0.2) is 0 Å². The molecule has 0 radical (unpaired) electrons. The number of nitrogens with one attached hydrogen (secondary N) is 1. The van der Waals surface area contributed by atoms with Crippen LogP contribution in [0.3, 0.4) is 0 Å². The Morgan fingerprint density at radius 3 is 2.82 bits per heavy atom. The molecule has 1 aromatic carbocycles. The van der Waals surface area contributed by atoms with Crippen LogP contribution in [0.1, 0.15) is 32.1 Å². The molecule has 0 unspecified atom stereocenters. The predicted octanol–water partition coefficient (Wildman–Crippen LogP) is 2.91. The summed E-state index contributed by atoms with van der Waals surface area (Å²) in [4.78, 5) is 14.8. The van der Waals surface area contributed by atoms with E-state index in [0.29, 0.717) is 6.10 Å². The normalized spacial score (nSPS) is 26.5. The molecule has 0 aromatic heterocycles. The molecule has 120 valence electrons. The molecular weight excluding hydrogens is 276 g/mol. The van der Waals surface area contributed by atoms with Crippen molar-refractivity contribution in [3.63, 3.8) is 0 Å². The Balaban J connectivity index is 1.50. The topological polar surface area (TPSA) is 41.6 Å². The van der Waals surface area contributed by atoms with Gasteiger partial charge in [0.05, 0.1) is 12.0 Å². The molecule has 0 aliphatic carbocycles. The molecule has 0 bridgehead atoms. The number of anilines is 1. The molecule has 3 rings (SSSR count). The fourth-order valence-electron chi connectivity index (χ4n) is 3.44. The highest BCUT2D eigenvalue weighted by molar-refractivity contribution is 5.92. The number of benzene rings is 1. The molecule has 2 saturated heterocycles. The van der Waals surface area contributed by atoms with E-state index in [1.165, 1.54) is 12.8 Å². The number of likely N-dealkylation sites (tertiary alicyclic amines) is 1. The maximum absolute atomic E-state index is 12.4. The Bertz CT molecular complexity index is 471. The first kappa shape index (κ1) is 15.5. The third kappa shape index (κ3) is 4.31. The predicted molar refractivity (Wildman–Crippen MR) is 87.8 cm³/mol. The van der Waals surface area contributed by atoms with Gasteiger partial charge in [0.1, 0.15) is 0 Å². The summed E-state index contributed by atoms with van der Waals surface area (Å²) < 4.78 is 5.83. The van der Waals surface area contributed by atoms with Crippen LogP contribution in [0.5, 0.6) is 0 Å². The Kier molecular flexibility index (Phi) is 5.46. The van der Waals surface area contributed by atoms with E-state index in [-0.39, 0.29) is 11.8 Å². The molecule has 2 fully saturated rings. The molecule has 1 N–H and O–H groups in total. The van der Waals surface area contributed by atoms with Crippen LogP contribution in [-0.4, -0.2) is 43.2 Å². The van der Waals surface area contributed by atoms with Gasteiger partial charge in [-0.1, -0.05) is 18.2 Å². The number of amides is 1. The van der Waals surface area contributed by atoms with Gasteiger partial charge in [-0.15, -0.1) is 0 Å². The van der Waals surface area contributed by atoms with Crippen LogP contribution in [-0.2, 0) is 9.53 Å². The van der Waals surface area contributed by atoms with Crippen molar-refractivity contribution in [2.75, 3.05) is 31.6 Å². The van der Waals surface area contributed by atoms with Gasteiger partial charge in [-0.3, -0.25) is 9.69 Å². The quantitative estimate of drug-likeness (QED) is 0.930. The van der Waals surface area contributed by atoms with E-state index in [1.54, 1.807) is 0 Å². The van der Waals surface area contributed by atoms with Crippen molar-refractivity contribution >= 4 is 11.6 Å². The first-order chi connectivity index (χ1) is 10.8. The Morgan fingerprint density at radius 2 is 2.05 bits per heavy atom. The second-order valence-electron chi connectivity index (χ2n) is 6.44. The number of rotatable bonds is 4. The zero-order valence-electron chi connectivity index (χ0n) is 13.2. The molecule has 1 amide bonds. The summed E-state index contributed by atoms with van der Waals surface area (Å²) in [5.41, 5.74) is 0.889. The van der Waals surface area contributed by atoms with Gasteiger partial charge < -0.3 is 10.1 Å². The maximum atomic E-state index is 12.4. The lowest BCUT2D eigenvalue weighted by atomic mass is 9.96. The monoisotopic (exact) mass is 302 g/mol. The average molecular weight is 302 g/mol. The molecule has 4 heteroatoms. The van der Waals surface area contributed by atoms with E-state index in [4.69, 9.17) is 4.74 Å². The smallest absolute Gasteiger partial charge is 0.228 e. The first-order valence-corrected chi connectivity index (χ1v) is 8.51. The number of hydrogen-bond donors (Lipinski definition) is 1. The molecule has 0 spiro atoms. The summed E-state index contributed by atoms with van der Waals surface area (Å²) in [5, 5.41) is 3.04. The van der Waals surface area contributed by atoms with E-state index >= 15 is 0 Å². The number of ether oxygens (including phenoxy) is 1. The van der Waals surface area contributed by atoms with Crippen LogP contribution in [0, 0.1) is 5.92 Å². The lowest BCUT2D eigenvalue weighted by molar-refractivity contribution is -0.122.